The van der Waals surface area contributed by atoms with E-state index in [1.54, 1.807) is 13.0 Å². The van der Waals surface area contributed by atoms with E-state index in [0.29, 0.717) is 42.8 Å². The van der Waals surface area contributed by atoms with Crippen LogP contribution in [0, 0.1) is 5.92 Å². The van der Waals surface area contributed by atoms with E-state index in [2.05, 4.69) is 32.3 Å². The second-order valence-electron chi connectivity index (χ2n) is 10.3. The molecule has 0 radical (unpaired) electrons. The molecule has 3 aliphatic rings. The summed E-state index contributed by atoms with van der Waals surface area (Å²) in [7, 11) is 0. The average molecular weight is 529 g/mol. The third kappa shape index (κ3) is 5.41. The van der Waals surface area contributed by atoms with E-state index in [9.17, 15) is 22.8 Å². The molecule has 1 saturated heterocycles. The third-order valence-corrected chi connectivity index (χ3v) is 7.66. The number of fused-ring (bicyclic) bond motifs is 1. The fourth-order valence-corrected chi connectivity index (χ4v) is 5.61. The normalized spacial score (nSPS) is 23.0. The summed E-state index contributed by atoms with van der Waals surface area (Å²) >= 11 is 0. The predicted molar refractivity (Wildman–Crippen MR) is 138 cm³/mol. The molecule has 1 amide bonds. The molecule has 1 atom stereocenters. The molecule has 38 heavy (non-hydrogen) atoms. The number of H-pyrrole nitrogens is 1. The van der Waals surface area contributed by atoms with Gasteiger partial charge >= 0.3 is 12.1 Å². The summed E-state index contributed by atoms with van der Waals surface area (Å²) in [5, 5.41) is 3.95. The van der Waals surface area contributed by atoms with Crippen molar-refractivity contribution in [2.75, 3.05) is 26.2 Å². The maximum Gasteiger partial charge on any atom is 0.392 e. The van der Waals surface area contributed by atoms with Crippen LogP contribution in [0.2, 0.25) is 0 Å². The SMILES string of the molecule is CC1=C(C(=O)NCCN=C2C=CCC(C(F)(F)F)C2)C2(CCN(Cc3cc4ccccc4[nH]3)CC2)OC1=O. The Balaban J connectivity index is 1.17. The molecule has 202 valence electrons. The highest BCUT2D eigenvalue weighted by atomic mass is 19.4. The average Bonchev–Trinajstić information content (AvgIpc) is 3.40. The zero-order valence-corrected chi connectivity index (χ0v) is 21.2. The van der Waals surface area contributed by atoms with E-state index in [0.717, 1.165) is 23.1 Å². The number of likely N-dealkylation sites (tertiary alicyclic amines) is 1. The van der Waals surface area contributed by atoms with Crippen molar-refractivity contribution in [3.05, 3.63) is 59.3 Å². The number of halogens is 3. The van der Waals surface area contributed by atoms with Gasteiger partial charge in [0.05, 0.1) is 18.0 Å². The van der Waals surface area contributed by atoms with Gasteiger partial charge in [-0.2, -0.15) is 13.2 Å². The van der Waals surface area contributed by atoms with E-state index in [4.69, 9.17) is 4.74 Å². The van der Waals surface area contributed by atoms with Crippen molar-refractivity contribution in [2.45, 2.75) is 50.9 Å². The number of carbonyl (C=O) groups is 2. The largest absolute Gasteiger partial charge is 0.450 e. The zero-order valence-electron chi connectivity index (χ0n) is 21.2. The van der Waals surface area contributed by atoms with Gasteiger partial charge in [0.1, 0.15) is 5.60 Å². The van der Waals surface area contributed by atoms with Crippen molar-refractivity contribution >= 4 is 28.5 Å². The minimum Gasteiger partial charge on any atom is -0.450 e. The number of nitrogens with zero attached hydrogens (tertiary/aromatic N) is 2. The number of benzene rings is 1. The number of rotatable bonds is 6. The fraction of sp³-hybridized carbons (Fsp3) is 0.464. The van der Waals surface area contributed by atoms with Gasteiger partial charge in [-0.1, -0.05) is 24.3 Å². The minimum atomic E-state index is -4.25. The van der Waals surface area contributed by atoms with Gasteiger partial charge < -0.3 is 15.0 Å². The molecule has 2 aromatic rings. The van der Waals surface area contributed by atoms with Gasteiger partial charge in [-0.05, 0) is 36.9 Å². The molecule has 1 aromatic carbocycles. The van der Waals surface area contributed by atoms with Gasteiger partial charge in [0.25, 0.3) is 5.91 Å². The Kier molecular flexibility index (Phi) is 7.17. The van der Waals surface area contributed by atoms with Crippen molar-refractivity contribution < 1.29 is 27.5 Å². The van der Waals surface area contributed by atoms with Crippen molar-refractivity contribution in [1.29, 1.82) is 0 Å². The monoisotopic (exact) mass is 528 g/mol. The lowest BCUT2D eigenvalue weighted by Crippen LogP contribution is -2.48. The number of esters is 1. The highest BCUT2D eigenvalue weighted by Crippen LogP contribution is 2.41. The summed E-state index contributed by atoms with van der Waals surface area (Å²) in [6, 6.07) is 10.2. The molecule has 1 aromatic heterocycles. The Morgan fingerprint density at radius 2 is 2.03 bits per heavy atom. The number of carbonyl (C=O) groups excluding carboxylic acids is 2. The van der Waals surface area contributed by atoms with E-state index < -0.39 is 23.7 Å². The van der Waals surface area contributed by atoms with Crippen molar-refractivity contribution in [3.8, 4) is 0 Å². The van der Waals surface area contributed by atoms with Crippen LogP contribution in [0.1, 0.15) is 38.3 Å². The van der Waals surface area contributed by atoms with E-state index in [1.807, 2.05) is 18.2 Å². The summed E-state index contributed by atoms with van der Waals surface area (Å²) < 4.78 is 44.8. The highest BCUT2D eigenvalue weighted by molar-refractivity contribution is 6.07. The molecule has 0 saturated carbocycles. The lowest BCUT2D eigenvalue weighted by molar-refractivity contribution is -0.171. The molecule has 1 fully saturated rings. The minimum absolute atomic E-state index is 0.0397. The van der Waals surface area contributed by atoms with E-state index in [1.165, 1.54) is 6.08 Å². The molecule has 7 nitrogen and oxygen atoms in total. The maximum absolute atomic E-state index is 13.2. The fourth-order valence-electron chi connectivity index (χ4n) is 5.61. The number of aromatic amines is 1. The van der Waals surface area contributed by atoms with E-state index >= 15 is 0 Å². The first kappa shape index (κ1) is 26.2. The molecule has 1 unspecified atom stereocenters. The third-order valence-electron chi connectivity index (χ3n) is 7.66. The number of nitrogens with one attached hydrogen (secondary N) is 2. The Morgan fingerprint density at radius 1 is 1.26 bits per heavy atom. The number of piperidine rings is 1. The quantitative estimate of drug-likeness (QED) is 0.428. The summed E-state index contributed by atoms with van der Waals surface area (Å²) in [5.41, 5.74) is 2.27. The van der Waals surface area contributed by atoms with Crippen LogP contribution in [0.5, 0.6) is 0 Å². The lowest BCUT2D eigenvalue weighted by atomic mass is 9.82. The Morgan fingerprint density at radius 3 is 2.76 bits per heavy atom. The molecular weight excluding hydrogens is 497 g/mol. The number of hydrogen-bond donors (Lipinski definition) is 2. The summed E-state index contributed by atoms with van der Waals surface area (Å²) in [6.07, 6.45) is -0.337. The van der Waals surface area contributed by atoms with Gasteiger partial charge in [-0.25, -0.2) is 4.79 Å². The highest BCUT2D eigenvalue weighted by Gasteiger charge is 2.50. The lowest BCUT2D eigenvalue weighted by Gasteiger charge is -2.39. The number of alkyl halides is 3. The first-order valence-corrected chi connectivity index (χ1v) is 12.9. The number of allylic oxidation sites excluding steroid dienone is 2. The van der Waals surface area contributed by atoms with E-state index in [-0.39, 0.29) is 31.8 Å². The smallest absolute Gasteiger partial charge is 0.392 e. The van der Waals surface area contributed by atoms with Crippen LogP contribution in [0.4, 0.5) is 13.2 Å². The van der Waals surface area contributed by atoms with Crippen molar-refractivity contribution in [1.82, 2.24) is 15.2 Å². The summed E-state index contributed by atoms with van der Waals surface area (Å²) in [4.78, 5) is 35.6. The molecule has 0 bridgehead atoms. The molecule has 10 heteroatoms. The van der Waals surface area contributed by atoms with Crippen LogP contribution in [-0.4, -0.2) is 65.4 Å². The van der Waals surface area contributed by atoms with Crippen molar-refractivity contribution in [3.63, 3.8) is 0 Å². The number of para-hydroxylation sites is 1. The molecule has 5 rings (SSSR count). The first-order valence-electron chi connectivity index (χ1n) is 12.9. The van der Waals surface area contributed by atoms with Gasteiger partial charge in [0.2, 0.25) is 0 Å². The molecular formula is C28H31F3N4O3. The Hall–Kier alpha value is -3.40. The number of hydrogen-bond acceptors (Lipinski definition) is 5. The van der Waals surface area contributed by atoms with Crippen LogP contribution in [0.3, 0.4) is 0 Å². The molecule has 2 aliphatic heterocycles. The molecule has 1 aliphatic carbocycles. The molecule has 2 N–H and O–H groups in total. The Labute approximate surface area is 218 Å². The first-order chi connectivity index (χ1) is 18.1. The van der Waals surface area contributed by atoms with Gasteiger partial charge in [-0.15, -0.1) is 0 Å². The number of amides is 1. The predicted octanol–water partition coefficient (Wildman–Crippen LogP) is 4.46. The topological polar surface area (TPSA) is 86.8 Å². The number of aliphatic imine (C=N–C) groups is 1. The van der Waals surface area contributed by atoms with Crippen LogP contribution in [0.15, 0.2) is 58.6 Å². The van der Waals surface area contributed by atoms with Crippen LogP contribution < -0.4 is 5.32 Å². The van der Waals surface area contributed by atoms with Gasteiger partial charge in [-0.3, -0.25) is 14.7 Å². The second-order valence-corrected chi connectivity index (χ2v) is 10.3. The van der Waals surface area contributed by atoms with Gasteiger partial charge in [0.15, 0.2) is 0 Å². The van der Waals surface area contributed by atoms with Gasteiger partial charge in [0, 0.05) is 67.9 Å². The Bertz CT molecular complexity index is 1280. The molecule has 1 spiro atoms. The number of aromatic nitrogens is 1. The summed E-state index contributed by atoms with van der Waals surface area (Å²) in [5.74, 6) is -2.29. The number of ether oxygens (including phenoxy) is 1. The maximum atomic E-state index is 13.2. The zero-order chi connectivity index (χ0) is 26.9. The van der Waals surface area contributed by atoms with Crippen LogP contribution in [-0.2, 0) is 20.9 Å². The summed E-state index contributed by atoms with van der Waals surface area (Å²) in [6.45, 7) is 3.96. The second kappa shape index (κ2) is 10.4. The van der Waals surface area contributed by atoms with Crippen LogP contribution in [0.25, 0.3) is 10.9 Å². The molecule has 3 heterocycles. The van der Waals surface area contributed by atoms with Crippen molar-refractivity contribution in [2.24, 2.45) is 10.9 Å². The standard InChI is InChI=1S/C28H31F3N4O3/c1-18-24(25(36)33-12-11-32-21-7-4-6-20(16-21)28(29,30)31)27(38-26(18)37)9-13-35(14-10-27)17-22-15-19-5-2-3-8-23(19)34-22/h2-5,7-8,15,20,34H,6,9-14,16-17H2,1H3,(H,33,36). The van der Waals surface area contributed by atoms with Crippen LogP contribution >= 0.6 is 0 Å².